The summed E-state index contributed by atoms with van der Waals surface area (Å²) in [7, 11) is -4.58. The van der Waals surface area contributed by atoms with Gasteiger partial charge in [-0.3, -0.25) is 4.18 Å². The summed E-state index contributed by atoms with van der Waals surface area (Å²) < 4.78 is 37.3. The predicted molar refractivity (Wildman–Crippen MR) is 95.2 cm³/mol. The summed E-state index contributed by atoms with van der Waals surface area (Å²) in [4.78, 5) is 0. The molecule has 6 heteroatoms. The molecule has 0 aromatic heterocycles. The zero-order chi connectivity index (χ0) is 17.4. The van der Waals surface area contributed by atoms with E-state index in [0.29, 0.717) is 12.8 Å². The second-order valence-corrected chi connectivity index (χ2v) is 7.60. The van der Waals surface area contributed by atoms with Crippen molar-refractivity contribution < 1.29 is 46.7 Å². The van der Waals surface area contributed by atoms with Crippen molar-refractivity contribution in [3.63, 3.8) is 0 Å². The Bertz CT molecular complexity index is 347. The van der Waals surface area contributed by atoms with Crippen LogP contribution in [0.5, 0.6) is 0 Å². The number of unbranched alkanes of at least 4 members (excludes halogenated alkanes) is 11. The van der Waals surface area contributed by atoms with Gasteiger partial charge in [-0.05, 0) is 12.8 Å². The summed E-state index contributed by atoms with van der Waals surface area (Å²) in [6.45, 7) is 4.39. The average Bonchev–Trinajstić information content (AvgIpc) is 2.48. The Morgan fingerprint density at radius 3 is 1.38 bits per heavy atom. The van der Waals surface area contributed by atoms with Gasteiger partial charge in [0.2, 0.25) is 10.4 Å². The molecule has 1 atom stereocenters. The van der Waals surface area contributed by atoms with Gasteiger partial charge in [-0.2, -0.15) is 0 Å². The summed E-state index contributed by atoms with van der Waals surface area (Å²) in [6, 6.07) is 0. The summed E-state index contributed by atoms with van der Waals surface area (Å²) in [6.07, 6.45) is 16.2. The molecule has 0 rings (SSSR count). The molecule has 24 heavy (non-hydrogen) atoms. The molecule has 0 amide bonds. The molecule has 0 aliphatic heterocycles. The Balaban J connectivity index is 0. The largest absolute Gasteiger partial charge is 1.00 e. The zero-order valence-electron chi connectivity index (χ0n) is 16.2. The molecule has 0 N–H and O–H groups in total. The normalized spacial score (nSPS) is 12.8. The van der Waals surface area contributed by atoms with E-state index in [-0.39, 0.29) is 29.6 Å². The predicted octanol–water partition coefficient (Wildman–Crippen LogP) is 2.73. The Labute approximate surface area is 172 Å². The maximum Gasteiger partial charge on any atom is 1.00 e. The third-order valence-corrected chi connectivity index (χ3v) is 4.77. The fourth-order valence-electron chi connectivity index (χ4n) is 2.89. The molecule has 0 spiro atoms. The third-order valence-electron chi connectivity index (χ3n) is 4.26. The minimum atomic E-state index is -4.58. The second-order valence-electron chi connectivity index (χ2n) is 6.59. The standard InChI is InChI=1S/C18H38O4S.Na/c1-3-5-7-9-11-13-15-17-18(22-23(19,20)21)16-14-12-10-8-6-4-2;/h18H,3-17H2,1-2H3,(H,19,20,21);/q;+1/p-1. The number of hydrogen-bond acceptors (Lipinski definition) is 4. The first kappa shape index (κ1) is 27.1. The van der Waals surface area contributed by atoms with Crippen LogP contribution in [-0.2, 0) is 14.6 Å². The minimum absolute atomic E-state index is 0. The van der Waals surface area contributed by atoms with E-state index in [1.54, 1.807) is 0 Å². The summed E-state index contributed by atoms with van der Waals surface area (Å²) in [5.74, 6) is 0. The van der Waals surface area contributed by atoms with Crippen LogP contribution in [0.2, 0.25) is 0 Å². The Hall–Kier alpha value is 0.870. The maximum atomic E-state index is 10.8. The van der Waals surface area contributed by atoms with Gasteiger partial charge >= 0.3 is 29.6 Å². The monoisotopic (exact) mass is 372 g/mol. The molecule has 0 aromatic carbocycles. The molecule has 0 saturated carbocycles. The summed E-state index contributed by atoms with van der Waals surface area (Å²) in [5, 5.41) is 0. The molecule has 1 unspecified atom stereocenters. The maximum absolute atomic E-state index is 10.8. The van der Waals surface area contributed by atoms with Crippen molar-refractivity contribution in [2.45, 2.75) is 116 Å². The van der Waals surface area contributed by atoms with Crippen LogP contribution in [0.3, 0.4) is 0 Å². The smallest absolute Gasteiger partial charge is 0.726 e. The van der Waals surface area contributed by atoms with Gasteiger partial charge in [-0.15, -0.1) is 0 Å². The fraction of sp³-hybridized carbons (Fsp3) is 1.00. The van der Waals surface area contributed by atoms with Crippen molar-refractivity contribution >= 4 is 10.4 Å². The van der Waals surface area contributed by atoms with Crippen molar-refractivity contribution in [2.75, 3.05) is 0 Å². The van der Waals surface area contributed by atoms with Gasteiger partial charge in [-0.1, -0.05) is 97.3 Å². The zero-order valence-corrected chi connectivity index (χ0v) is 19.0. The van der Waals surface area contributed by atoms with E-state index in [9.17, 15) is 13.0 Å². The Morgan fingerprint density at radius 2 is 1.04 bits per heavy atom. The molecule has 0 heterocycles. The van der Waals surface area contributed by atoms with Crippen LogP contribution >= 0.6 is 0 Å². The SMILES string of the molecule is CCCCCCCCCC(CCCCCCCC)OS(=O)(=O)[O-].[Na+]. The average molecular weight is 373 g/mol. The second kappa shape index (κ2) is 18.7. The Kier molecular flexibility index (Phi) is 21.1. The summed E-state index contributed by atoms with van der Waals surface area (Å²) >= 11 is 0. The van der Waals surface area contributed by atoms with Crippen LogP contribution in [-0.4, -0.2) is 19.1 Å². The van der Waals surface area contributed by atoms with Gasteiger partial charge < -0.3 is 4.55 Å². The van der Waals surface area contributed by atoms with E-state index < -0.39 is 16.5 Å². The molecule has 0 aromatic rings. The van der Waals surface area contributed by atoms with E-state index in [0.717, 1.165) is 25.7 Å². The van der Waals surface area contributed by atoms with Gasteiger partial charge in [0.15, 0.2) is 0 Å². The first-order chi connectivity index (χ1) is 11.0. The quantitative estimate of drug-likeness (QED) is 0.170. The summed E-state index contributed by atoms with van der Waals surface area (Å²) in [5.41, 5.74) is 0. The Morgan fingerprint density at radius 1 is 0.708 bits per heavy atom. The van der Waals surface area contributed by atoms with Crippen LogP contribution in [0.4, 0.5) is 0 Å². The van der Waals surface area contributed by atoms with Crippen LogP contribution in [0.15, 0.2) is 0 Å². The van der Waals surface area contributed by atoms with Gasteiger partial charge in [-0.25, -0.2) is 8.42 Å². The molecule has 140 valence electrons. The first-order valence-electron chi connectivity index (χ1n) is 9.63. The fourth-order valence-corrected chi connectivity index (χ4v) is 3.41. The minimum Gasteiger partial charge on any atom is -0.726 e. The number of hydrogen-bond donors (Lipinski definition) is 0. The molecule has 0 aliphatic carbocycles. The van der Waals surface area contributed by atoms with E-state index in [1.165, 1.54) is 57.8 Å². The van der Waals surface area contributed by atoms with E-state index in [1.807, 2.05) is 0 Å². The van der Waals surface area contributed by atoms with Crippen molar-refractivity contribution in [1.82, 2.24) is 0 Å². The molecule has 0 radical (unpaired) electrons. The number of rotatable bonds is 17. The van der Waals surface area contributed by atoms with Gasteiger partial charge in [0.05, 0.1) is 6.10 Å². The van der Waals surface area contributed by atoms with E-state index >= 15 is 0 Å². The molecule has 0 aliphatic rings. The first-order valence-corrected chi connectivity index (χ1v) is 11.0. The molecular weight excluding hydrogens is 335 g/mol. The van der Waals surface area contributed by atoms with Gasteiger partial charge in [0, 0.05) is 0 Å². The van der Waals surface area contributed by atoms with E-state index in [4.69, 9.17) is 4.18 Å². The third kappa shape index (κ3) is 20.9. The van der Waals surface area contributed by atoms with Crippen LogP contribution in [0, 0.1) is 0 Å². The molecule has 4 nitrogen and oxygen atoms in total. The molecule has 0 saturated heterocycles. The van der Waals surface area contributed by atoms with Crippen molar-refractivity contribution in [1.29, 1.82) is 0 Å². The van der Waals surface area contributed by atoms with Gasteiger partial charge in [0.25, 0.3) is 0 Å². The molecular formula is C18H37NaO4S. The molecule has 0 fully saturated rings. The topological polar surface area (TPSA) is 66.4 Å². The van der Waals surface area contributed by atoms with Crippen molar-refractivity contribution in [2.24, 2.45) is 0 Å². The van der Waals surface area contributed by atoms with Crippen LogP contribution < -0.4 is 29.6 Å². The van der Waals surface area contributed by atoms with Crippen molar-refractivity contribution in [3.05, 3.63) is 0 Å². The van der Waals surface area contributed by atoms with Crippen LogP contribution in [0.25, 0.3) is 0 Å². The van der Waals surface area contributed by atoms with Crippen molar-refractivity contribution in [3.8, 4) is 0 Å². The van der Waals surface area contributed by atoms with Gasteiger partial charge in [0.1, 0.15) is 0 Å². The molecule has 0 bridgehead atoms. The van der Waals surface area contributed by atoms with E-state index in [2.05, 4.69) is 13.8 Å². The van der Waals surface area contributed by atoms with Crippen LogP contribution in [0.1, 0.15) is 110 Å².